The summed E-state index contributed by atoms with van der Waals surface area (Å²) in [6, 6.07) is 10.4. The largest absolute Gasteiger partial charge is 0.495 e. The number of ketones is 1. The molecule has 0 aliphatic carbocycles. The Labute approximate surface area is 185 Å². The van der Waals surface area contributed by atoms with E-state index in [9.17, 15) is 20.0 Å². The standard InChI is InChI=1S/C22H23ClN2O6/c1-5-31-21(27)19(15-8-6-13(12-24)10-17(15)25(28)29)20(26)22(2,3)14-7-9-16(23)18(11-14)30-4/h6-11,19,21,27H,5H2,1-4H3. The SMILES string of the molecule is CCOC(O)C(C(=O)C(C)(C)c1ccc(Cl)c(OC)c1)c1ccc(C#N)cc1[N+](=O)[O-]. The van der Waals surface area contributed by atoms with E-state index in [1.807, 2.05) is 6.07 Å². The van der Waals surface area contributed by atoms with Gasteiger partial charge >= 0.3 is 0 Å². The minimum atomic E-state index is -1.63. The van der Waals surface area contributed by atoms with Gasteiger partial charge in [-0.3, -0.25) is 14.9 Å². The van der Waals surface area contributed by atoms with E-state index in [2.05, 4.69) is 0 Å². The number of aliphatic hydroxyl groups is 1. The first kappa shape index (κ1) is 24.3. The highest BCUT2D eigenvalue weighted by Crippen LogP contribution is 2.39. The number of aliphatic hydroxyl groups excluding tert-OH is 1. The van der Waals surface area contributed by atoms with Crippen molar-refractivity contribution in [2.45, 2.75) is 38.4 Å². The number of benzene rings is 2. The molecule has 0 radical (unpaired) electrons. The fourth-order valence-corrected chi connectivity index (χ4v) is 3.50. The van der Waals surface area contributed by atoms with Gasteiger partial charge in [0.2, 0.25) is 0 Å². The number of nitrogens with zero attached hydrogens (tertiary/aromatic N) is 2. The molecule has 0 heterocycles. The third kappa shape index (κ3) is 5.02. The molecule has 2 atom stereocenters. The Balaban J connectivity index is 2.65. The predicted molar refractivity (Wildman–Crippen MR) is 114 cm³/mol. The van der Waals surface area contributed by atoms with Gasteiger partial charge in [-0.2, -0.15) is 5.26 Å². The number of rotatable bonds is 9. The minimum Gasteiger partial charge on any atom is -0.495 e. The van der Waals surface area contributed by atoms with E-state index in [4.69, 9.17) is 26.3 Å². The molecular formula is C22H23ClN2O6. The van der Waals surface area contributed by atoms with Gasteiger partial charge in [-0.05, 0) is 50.6 Å². The molecule has 0 aromatic heterocycles. The zero-order valence-corrected chi connectivity index (χ0v) is 18.3. The number of carbonyl (C=O) groups is 1. The molecule has 0 amide bonds. The molecule has 2 aromatic rings. The van der Waals surface area contributed by atoms with Crippen LogP contribution in [-0.4, -0.2) is 35.8 Å². The molecule has 0 saturated carbocycles. The van der Waals surface area contributed by atoms with Gasteiger partial charge < -0.3 is 14.6 Å². The number of carbonyl (C=O) groups excluding carboxylic acids is 1. The molecular weight excluding hydrogens is 424 g/mol. The summed E-state index contributed by atoms with van der Waals surface area (Å²) in [4.78, 5) is 24.7. The Bertz CT molecular complexity index is 1030. The van der Waals surface area contributed by atoms with Gasteiger partial charge in [0, 0.05) is 23.7 Å². The summed E-state index contributed by atoms with van der Waals surface area (Å²) < 4.78 is 10.5. The highest BCUT2D eigenvalue weighted by Gasteiger charge is 2.43. The maximum Gasteiger partial charge on any atom is 0.274 e. The summed E-state index contributed by atoms with van der Waals surface area (Å²) in [6.45, 7) is 5.00. The van der Waals surface area contributed by atoms with Crippen molar-refractivity contribution >= 4 is 23.1 Å². The maximum atomic E-state index is 13.7. The molecule has 0 aliphatic heterocycles. The van der Waals surface area contributed by atoms with Crippen LogP contribution >= 0.6 is 11.6 Å². The Morgan fingerprint density at radius 2 is 2.00 bits per heavy atom. The molecule has 0 saturated heterocycles. The number of halogens is 1. The fraction of sp³-hybridized carbons (Fsp3) is 0.364. The van der Waals surface area contributed by atoms with Gasteiger partial charge in [0.15, 0.2) is 12.1 Å². The molecule has 31 heavy (non-hydrogen) atoms. The number of nitriles is 1. The van der Waals surface area contributed by atoms with Gasteiger partial charge in [-0.1, -0.05) is 17.7 Å². The number of hydrogen-bond donors (Lipinski definition) is 1. The maximum absolute atomic E-state index is 13.7. The molecule has 164 valence electrons. The van der Waals surface area contributed by atoms with E-state index in [1.165, 1.54) is 19.2 Å². The smallest absolute Gasteiger partial charge is 0.274 e. The first-order chi connectivity index (χ1) is 14.6. The molecule has 2 unspecified atom stereocenters. The minimum absolute atomic E-state index is 0.0380. The Kier molecular flexibility index (Phi) is 7.74. The van der Waals surface area contributed by atoms with Crippen molar-refractivity contribution in [1.29, 1.82) is 5.26 Å². The predicted octanol–water partition coefficient (Wildman–Crippen LogP) is 4.11. The highest BCUT2D eigenvalue weighted by atomic mass is 35.5. The van der Waals surface area contributed by atoms with Gasteiger partial charge in [-0.25, -0.2) is 0 Å². The summed E-state index contributed by atoms with van der Waals surface area (Å²) in [7, 11) is 1.45. The Hall–Kier alpha value is -2.99. The summed E-state index contributed by atoms with van der Waals surface area (Å²) in [5, 5.41) is 31.8. The lowest BCUT2D eigenvalue weighted by molar-refractivity contribution is -0.386. The number of hydrogen-bond acceptors (Lipinski definition) is 7. The molecule has 0 spiro atoms. The van der Waals surface area contributed by atoms with Gasteiger partial charge in [-0.15, -0.1) is 0 Å². The zero-order chi connectivity index (χ0) is 23.3. The molecule has 2 rings (SSSR count). The van der Waals surface area contributed by atoms with E-state index in [-0.39, 0.29) is 17.7 Å². The fourth-order valence-electron chi connectivity index (χ4n) is 3.31. The summed E-state index contributed by atoms with van der Waals surface area (Å²) in [6.07, 6.45) is -1.63. The number of nitro groups is 1. The van der Waals surface area contributed by atoms with Crippen LogP contribution in [0, 0.1) is 21.4 Å². The highest BCUT2D eigenvalue weighted by molar-refractivity contribution is 6.32. The van der Waals surface area contributed by atoms with Crippen LogP contribution in [0.3, 0.4) is 0 Å². The average Bonchev–Trinajstić information content (AvgIpc) is 2.74. The summed E-state index contributed by atoms with van der Waals surface area (Å²) in [5.41, 5.74) is -1.06. The normalized spacial score (nSPS) is 13.2. The van der Waals surface area contributed by atoms with Crippen LogP contribution in [0.1, 0.15) is 43.4 Å². The topological polar surface area (TPSA) is 123 Å². The summed E-state index contributed by atoms with van der Waals surface area (Å²) in [5.74, 6) is -1.51. The van der Waals surface area contributed by atoms with Gasteiger partial charge in [0.05, 0.1) is 28.7 Å². The van der Waals surface area contributed by atoms with Crippen LogP contribution in [0.25, 0.3) is 0 Å². The van der Waals surface area contributed by atoms with Crippen molar-refractivity contribution in [2.75, 3.05) is 13.7 Å². The van der Waals surface area contributed by atoms with Crippen LogP contribution < -0.4 is 4.74 Å². The number of ether oxygens (including phenoxy) is 2. The lowest BCUT2D eigenvalue weighted by Gasteiger charge is -2.31. The average molecular weight is 447 g/mol. The van der Waals surface area contributed by atoms with E-state index in [0.29, 0.717) is 16.3 Å². The summed E-state index contributed by atoms with van der Waals surface area (Å²) >= 11 is 6.09. The van der Waals surface area contributed by atoms with Crippen molar-refractivity contribution in [3.63, 3.8) is 0 Å². The van der Waals surface area contributed by atoms with Gasteiger partial charge in [0.1, 0.15) is 11.7 Å². The van der Waals surface area contributed by atoms with Crippen molar-refractivity contribution in [3.05, 3.63) is 68.2 Å². The van der Waals surface area contributed by atoms with Crippen molar-refractivity contribution in [1.82, 2.24) is 0 Å². The lowest BCUT2D eigenvalue weighted by Crippen LogP contribution is -2.40. The molecule has 9 heteroatoms. The number of Topliss-reactive ketones (excluding diaryl/α,β-unsaturated/α-hetero) is 1. The van der Waals surface area contributed by atoms with Crippen LogP contribution in [0.2, 0.25) is 5.02 Å². The second-order valence-corrected chi connectivity index (χ2v) is 7.71. The zero-order valence-electron chi connectivity index (χ0n) is 17.6. The van der Waals surface area contributed by atoms with Crippen LogP contribution in [0.5, 0.6) is 5.75 Å². The first-order valence-electron chi connectivity index (χ1n) is 9.44. The molecule has 8 nitrogen and oxygen atoms in total. The monoisotopic (exact) mass is 446 g/mol. The molecule has 0 fully saturated rings. The van der Waals surface area contributed by atoms with E-state index in [1.54, 1.807) is 39.0 Å². The van der Waals surface area contributed by atoms with Crippen LogP contribution in [0.4, 0.5) is 5.69 Å². The molecule has 1 N–H and O–H groups in total. The lowest BCUT2D eigenvalue weighted by atomic mass is 9.73. The van der Waals surface area contributed by atoms with Crippen LogP contribution in [0.15, 0.2) is 36.4 Å². The van der Waals surface area contributed by atoms with Crippen molar-refractivity contribution < 1.29 is 24.3 Å². The third-order valence-corrected chi connectivity index (χ3v) is 5.40. The Morgan fingerprint density at radius 1 is 1.32 bits per heavy atom. The number of methoxy groups -OCH3 is 1. The van der Waals surface area contributed by atoms with Crippen LogP contribution in [-0.2, 0) is 14.9 Å². The van der Waals surface area contributed by atoms with E-state index < -0.39 is 34.0 Å². The Morgan fingerprint density at radius 3 is 2.55 bits per heavy atom. The third-order valence-electron chi connectivity index (χ3n) is 5.09. The quantitative estimate of drug-likeness (QED) is 0.349. The number of nitro benzene ring substituents is 1. The van der Waals surface area contributed by atoms with Crippen molar-refractivity contribution in [2.24, 2.45) is 0 Å². The van der Waals surface area contributed by atoms with E-state index >= 15 is 0 Å². The first-order valence-corrected chi connectivity index (χ1v) is 9.82. The molecule has 0 bridgehead atoms. The molecule has 2 aromatic carbocycles. The second-order valence-electron chi connectivity index (χ2n) is 7.30. The second kappa shape index (κ2) is 9.88. The van der Waals surface area contributed by atoms with Gasteiger partial charge in [0.25, 0.3) is 5.69 Å². The van der Waals surface area contributed by atoms with Crippen molar-refractivity contribution in [3.8, 4) is 11.8 Å². The van der Waals surface area contributed by atoms with E-state index in [0.717, 1.165) is 6.07 Å². The molecule has 0 aliphatic rings.